The Morgan fingerprint density at radius 3 is 2.92 bits per heavy atom. The van der Waals surface area contributed by atoms with Crippen molar-refractivity contribution < 1.29 is 0 Å². The number of rotatable bonds is 1. The predicted octanol–water partition coefficient (Wildman–Crippen LogP) is 0.534. The molecule has 2 rings (SSSR count). The molecule has 2 aromatic heterocycles. The molecule has 0 spiro atoms. The van der Waals surface area contributed by atoms with Gasteiger partial charge in [-0.3, -0.25) is 9.55 Å². The van der Waals surface area contributed by atoms with Gasteiger partial charge in [-0.25, -0.2) is 9.97 Å². The van der Waals surface area contributed by atoms with Crippen LogP contribution in [0.25, 0.3) is 5.82 Å². The van der Waals surface area contributed by atoms with Crippen molar-refractivity contribution >= 4 is 0 Å². The Morgan fingerprint density at radius 1 is 1.31 bits per heavy atom. The fourth-order valence-corrected chi connectivity index (χ4v) is 0.929. The number of imidazole rings is 1. The van der Waals surface area contributed by atoms with E-state index >= 15 is 0 Å². The SMILES string of the molecule is N#Cc1cncc(-n2ccnc2)n1. The molecule has 0 N–H and O–H groups in total. The molecule has 0 radical (unpaired) electrons. The highest BCUT2D eigenvalue weighted by Gasteiger charge is 1.98. The van der Waals surface area contributed by atoms with Crippen LogP contribution in [0.4, 0.5) is 0 Å². The van der Waals surface area contributed by atoms with Crippen LogP contribution in [0.3, 0.4) is 0 Å². The van der Waals surface area contributed by atoms with Crippen molar-refractivity contribution in [2.24, 2.45) is 0 Å². The summed E-state index contributed by atoms with van der Waals surface area (Å²) >= 11 is 0. The second-order valence-corrected chi connectivity index (χ2v) is 2.34. The quantitative estimate of drug-likeness (QED) is 0.627. The third kappa shape index (κ3) is 1.37. The van der Waals surface area contributed by atoms with Crippen molar-refractivity contribution in [3.05, 3.63) is 36.8 Å². The first-order chi connectivity index (χ1) is 6.40. The summed E-state index contributed by atoms with van der Waals surface area (Å²) in [5.74, 6) is 0.594. The Bertz CT molecular complexity index is 440. The van der Waals surface area contributed by atoms with Gasteiger partial charge in [-0.2, -0.15) is 5.26 Å². The van der Waals surface area contributed by atoms with Crippen molar-refractivity contribution in [1.82, 2.24) is 19.5 Å². The fourth-order valence-electron chi connectivity index (χ4n) is 0.929. The Morgan fingerprint density at radius 2 is 2.23 bits per heavy atom. The van der Waals surface area contributed by atoms with Gasteiger partial charge in [0.05, 0.1) is 12.4 Å². The number of aromatic nitrogens is 4. The molecule has 2 aromatic rings. The number of nitriles is 1. The monoisotopic (exact) mass is 171 g/mol. The summed E-state index contributed by atoms with van der Waals surface area (Å²) in [6.45, 7) is 0. The second kappa shape index (κ2) is 3.03. The summed E-state index contributed by atoms with van der Waals surface area (Å²) in [6.07, 6.45) is 7.97. The normalized spacial score (nSPS) is 9.46. The summed E-state index contributed by atoms with van der Waals surface area (Å²) in [4.78, 5) is 11.8. The largest absolute Gasteiger partial charge is 0.289 e. The van der Waals surface area contributed by atoms with E-state index in [1.807, 2.05) is 6.07 Å². The van der Waals surface area contributed by atoms with E-state index in [9.17, 15) is 0 Å². The Balaban J connectivity index is 2.49. The molecular weight excluding hydrogens is 166 g/mol. The zero-order valence-electron chi connectivity index (χ0n) is 6.62. The molecule has 0 bridgehead atoms. The molecule has 0 aliphatic rings. The van der Waals surface area contributed by atoms with Crippen molar-refractivity contribution in [3.8, 4) is 11.9 Å². The third-order valence-electron chi connectivity index (χ3n) is 1.51. The maximum absolute atomic E-state index is 8.58. The Labute approximate surface area is 74.3 Å². The standard InChI is InChI=1S/C8H5N5/c9-3-7-4-11-5-8(12-7)13-2-1-10-6-13/h1-2,4-6H. The first-order valence-electron chi connectivity index (χ1n) is 3.60. The molecule has 62 valence electrons. The van der Waals surface area contributed by atoms with Crippen LogP contribution in [0, 0.1) is 11.3 Å². The molecule has 0 aliphatic heterocycles. The van der Waals surface area contributed by atoms with Crippen molar-refractivity contribution in [2.75, 3.05) is 0 Å². The minimum atomic E-state index is 0.297. The van der Waals surface area contributed by atoms with Gasteiger partial charge in [0.15, 0.2) is 11.5 Å². The molecular formula is C8H5N5. The minimum absolute atomic E-state index is 0.297. The van der Waals surface area contributed by atoms with E-state index in [2.05, 4.69) is 15.0 Å². The lowest BCUT2D eigenvalue weighted by Crippen LogP contribution is -1.97. The highest BCUT2D eigenvalue weighted by Crippen LogP contribution is 2.01. The van der Waals surface area contributed by atoms with E-state index < -0.39 is 0 Å². The van der Waals surface area contributed by atoms with Gasteiger partial charge in [0, 0.05) is 12.4 Å². The van der Waals surface area contributed by atoms with Crippen LogP contribution in [0.1, 0.15) is 5.69 Å². The van der Waals surface area contributed by atoms with Gasteiger partial charge in [0.1, 0.15) is 12.4 Å². The van der Waals surface area contributed by atoms with Gasteiger partial charge in [0.25, 0.3) is 0 Å². The molecule has 0 aliphatic carbocycles. The number of nitrogens with zero attached hydrogens (tertiary/aromatic N) is 5. The van der Waals surface area contributed by atoms with Gasteiger partial charge >= 0.3 is 0 Å². The van der Waals surface area contributed by atoms with Gasteiger partial charge in [-0.15, -0.1) is 0 Å². The van der Waals surface area contributed by atoms with E-state index in [0.29, 0.717) is 11.5 Å². The Hall–Kier alpha value is -2.22. The highest BCUT2D eigenvalue weighted by molar-refractivity contribution is 5.25. The van der Waals surface area contributed by atoms with Crippen LogP contribution < -0.4 is 0 Å². The van der Waals surface area contributed by atoms with Crippen LogP contribution in [-0.4, -0.2) is 19.5 Å². The summed E-state index contributed by atoms with van der Waals surface area (Å²) in [5, 5.41) is 8.58. The molecule has 0 fully saturated rings. The first kappa shape index (κ1) is 7.43. The van der Waals surface area contributed by atoms with Gasteiger partial charge in [-0.05, 0) is 0 Å². The Kier molecular flexibility index (Phi) is 1.73. The lowest BCUT2D eigenvalue weighted by Gasteiger charge is -1.98. The molecule has 0 aromatic carbocycles. The van der Waals surface area contributed by atoms with Crippen LogP contribution in [0.5, 0.6) is 0 Å². The summed E-state index contributed by atoms with van der Waals surface area (Å²) in [6, 6.07) is 1.92. The van der Waals surface area contributed by atoms with E-state index in [1.54, 1.807) is 29.5 Å². The minimum Gasteiger partial charge on any atom is -0.289 e. The van der Waals surface area contributed by atoms with Crippen LogP contribution in [-0.2, 0) is 0 Å². The lowest BCUT2D eigenvalue weighted by atomic mass is 10.5. The third-order valence-corrected chi connectivity index (χ3v) is 1.51. The fraction of sp³-hybridized carbons (Fsp3) is 0. The molecule has 0 saturated heterocycles. The topological polar surface area (TPSA) is 67.4 Å². The van der Waals surface area contributed by atoms with E-state index in [1.165, 1.54) is 6.20 Å². The number of hydrogen-bond donors (Lipinski definition) is 0. The maximum Gasteiger partial charge on any atom is 0.161 e. The van der Waals surface area contributed by atoms with Crippen LogP contribution in [0.15, 0.2) is 31.1 Å². The van der Waals surface area contributed by atoms with Crippen molar-refractivity contribution in [2.45, 2.75) is 0 Å². The smallest absolute Gasteiger partial charge is 0.161 e. The molecule has 0 atom stereocenters. The molecule has 5 nitrogen and oxygen atoms in total. The van der Waals surface area contributed by atoms with Crippen LogP contribution >= 0.6 is 0 Å². The highest BCUT2D eigenvalue weighted by atomic mass is 15.1. The summed E-state index contributed by atoms with van der Waals surface area (Å²) < 4.78 is 1.69. The van der Waals surface area contributed by atoms with E-state index in [-0.39, 0.29) is 0 Å². The van der Waals surface area contributed by atoms with Gasteiger partial charge < -0.3 is 0 Å². The van der Waals surface area contributed by atoms with Crippen molar-refractivity contribution in [3.63, 3.8) is 0 Å². The molecule has 0 unspecified atom stereocenters. The number of hydrogen-bond acceptors (Lipinski definition) is 4. The van der Waals surface area contributed by atoms with E-state index in [4.69, 9.17) is 5.26 Å². The van der Waals surface area contributed by atoms with Gasteiger partial charge in [0.2, 0.25) is 0 Å². The molecule has 0 saturated carbocycles. The lowest BCUT2D eigenvalue weighted by molar-refractivity contribution is 0.962. The maximum atomic E-state index is 8.58. The average molecular weight is 171 g/mol. The molecule has 2 heterocycles. The second-order valence-electron chi connectivity index (χ2n) is 2.34. The zero-order chi connectivity index (χ0) is 9.10. The van der Waals surface area contributed by atoms with Crippen molar-refractivity contribution in [1.29, 1.82) is 5.26 Å². The van der Waals surface area contributed by atoms with Crippen LogP contribution in [0.2, 0.25) is 0 Å². The van der Waals surface area contributed by atoms with E-state index in [0.717, 1.165) is 0 Å². The summed E-state index contributed by atoms with van der Waals surface area (Å²) in [7, 11) is 0. The predicted molar refractivity (Wildman–Crippen MR) is 43.9 cm³/mol. The first-order valence-corrected chi connectivity index (χ1v) is 3.60. The average Bonchev–Trinajstić information content (AvgIpc) is 2.71. The molecule has 0 amide bonds. The molecule has 13 heavy (non-hydrogen) atoms. The zero-order valence-corrected chi connectivity index (χ0v) is 6.62. The summed E-state index contributed by atoms with van der Waals surface area (Å²) in [5.41, 5.74) is 0.297. The van der Waals surface area contributed by atoms with Gasteiger partial charge in [-0.1, -0.05) is 0 Å². The molecule has 5 heteroatoms.